The fourth-order valence-electron chi connectivity index (χ4n) is 2.48. The first-order valence-corrected chi connectivity index (χ1v) is 6.98. The first-order valence-electron chi connectivity index (χ1n) is 6.98. The number of ether oxygens (including phenoxy) is 1. The van der Waals surface area contributed by atoms with Crippen molar-refractivity contribution in [3.05, 3.63) is 35.9 Å². The van der Waals surface area contributed by atoms with Crippen LogP contribution in [0.2, 0.25) is 0 Å². The molecule has 2 rings (SSSR count). The Bertz CT molecular complexity index is 418. The molecule has 20 heavy (non-hydrogen) atoms. The van der Waals surface area contributed by atoms with E-state index in [-0.39, 0.29) is 18.7 Å². The van der Waals surface area contributed by atoms with Gasteiger partial charge in [0.1, 0.15) is 6.61 Å². The molecule has 2 N–H and O–H groups in total. The van der Waals surface area contributed by atoms with Gasteiger partial charge in [-0.15, -0.1) is 0 Å². The zero-order chi connectivity index (χ0) is 14.4. The average Bonchev–Trinajstić information content (AvgIpc) is 2.43. The quantitative estimate of drug-likeness (QED) is 0.821. The van der Waals surface area contributed by atoms with Crippen molar-refractivity contribution in [2.45, 2.75) is 19.1 Å². The molecule has 0 bridgehead atoms. The lowest BCUT2D eigenvalue weighted by molar-refractivity contribution is 0.0353. The lowest BCUT2D eigenvalue weighted by atomic mass is 9.90. The van der Waals surface area contributed by atoms with E-state index < -0.39 is 0 Å². The summed E-state index contributed by atoms with van der Waals surface area (Å²) in [4.78, 5) is 13.6. The molecule has 1 aliphatic heterocycles. The van der Waals surface area contributed by atoms with Crippen LogP contribution in [0.25, 0.3) is 0 Å². The SMILES string of the molecule is CN[C@@H](CCO)C1CN(C(=O)OCc2ccccc2)C1. The Labute approximate surface area is 119 Å². The van der Waals surface area contributed by atoms with E-state index in [1.165, 1.54) is 0 Å². The third-order valence-corrected chi connectivity index (χ3v) is 3.75. The molecule has 0 spiro atoms. The van der Waals surface area contributed by atoms with Gasteiger partial charge in [0, 0.05) is 31.7 Å². The largest absolute Gasteiger partial charge is 0.445 e. The molecule has 0 unspecified atom stereocenters. The molecule has 1 amide bonds. The number of carbonyl (C=O) groups is 1. The van der Waals surface area contributed by atoms with E-state index in [0.29, 0.717) is 32.0 Å². The van der Waals surface area contributed by atoms with Crippen LogP contribution < -0.4 is 5.32 Å². The summed E-state index contributed by atoms with van der Waals surface area (Å²) in [6, 6.07) is 9.92. The lowest BCUT2D eigenvalue weighted by Gasteiger charge is -2.42. The second-order valence-corrected chi connectivity index (χ2v) is 5.11. The highest BCUT2D eigenvalue weighted by Gasteiger charge is 2.36. The monoisotopic (exact) mass is 278 g/mol. The number of likely N-dealkylation sites (tertiary alicyclic amines) is 1. The third kappa shape index (κ3) is 3.71. The van der Waals surface area contributed by atoms with Crippen LogP contribution in [-0.2, 0) is 11.3 Å². The summed E-state index contributed by atoms with van der Waals surface area (Å²) in [5, 5.41) is 12.2. The summed E-state index contributed by atoms with van der Waals surface area (Å²) in [6.45, 7) is 1.87. The summed E-state index contributed by atoms with van der Waals surface area (Å²) in [6.07, 6.45) is 0.456. The molecule has 5 heteroatoms. The van der Waals surface area contributed by atoms with Gasteiger partial charge >= 0.3 is 6.09 Å². The Morgan fingerprint density at radius 2 is 2.15 bits per heavy atom. The van der Waals surface area contributed by atoms with Gasteiger partial charge in [0.2, 0.25) is 0 Å². The van der Waals surface area contributed by atoms with E-state index in [0.717, 1.165) is 5.56 Å². The van der Waals surface area contributed by atoms with Crippen molar-refractivity contribution in [2.75, 3.05) is 26.7 Å². The average molecular weight is 278 g/mol. The number of benzene rings is 1. The molecule has 1 aromatic carbocycles. The summed E-state index contributed by atoms with van der Waals surface area (Å²) < 4.78 is 5.27. The van der Waals surface area contributed by atoms with Crippen molar-refractivity contribution in [1.29, 1.82) is 0 Å². The van der Waals surface area contributed by atoms with Crippen molar-refractivity contribution in [3.8, 4) is 0 Å². The maximum Gasteiger partial charge on any atom is 0.410 e. The standard InChI is InChI=1S/C15H22N2O3/c1-16-14(7-8-18)13-9-17(10-13)15(19)20-11-12-5-3-2-4-6-12/h2-6,13-14,16,18H,7-11H2,1H3/t14-/m0/s1. The Kier molecular flexibility index (Phi) is 5.38. The lowest BCUT2D eigenvalue weighted by Crippen LogP contribution is -2.57. The van der Waals surface area contributed by atoms with Crippen LogP contribution in [0.3, 0.4) is 0 Å². The number of nitrogens with one attached hydrogen (secondary N) is 1. The van der Waals surface area contributed by atoms with Gasteiger partial charge in [-0.1, -0.05) is 30.3 Å². The number of hydrogen-bond acceptors (Lipinski definition) is 4. The van der Waals surface area contributed by atoms with Gasteiger partial charge in [-0.25, -0.2) is 4.79 Å². The van der Waals surface area contributed by atoms with Crippen LogP contribution in [0.15, 0.2) is 30.3 Å². The molecule has 1 aliphatic rings. The van der Waals surface area contributed by atoms with Crippen LogP contribution >= 0.6 is 0 Å². The first-order chi connectivity index (χ1) is 9.74. The highest BCUT2D eigenvalue weighted by atomic mass is 16.6. The van der Waals surface area contributed by atoms with Crippen molar-refractivity contribution in [3.63, 3.8) is 0 Å². The van der Waals surface area contributed by atoms with E-state index >= 15 is 0 Å². The summed E-state index contributed by atoms with van der Waals surface area (Å²) in [5.41, 5.74) is 0.992. The van der Waals surface area contributed by atoms with Gasteiger partial charge in [-0.05, 0) is 19.0 Å². The van der Waals surface area contributed by atoms with Gasteiger partial charge in [0.15, 0.2) is 0 Å². The minimum absolute atomic E-state index is 0.167. The molecule has 1 fully saturated rings. The Balaban J connectivity index is 1.71. The number of aliphatic hydroxyl groups is 1. The smallest absolute Gasteiger partial charge is 0.410 e. The van der Waals surface area contributed by atoms with E-state index in [2.05, 4.69) is 5.32 Å². The zero-order valence-corrected chi connectivity index (χ0v) is 11.8. The third-order valence-electron chi connectivity index (χ3n) is 3.75. The van der Waals surface area contributed by atoms with Gasteiger partial charge in [-0.2, -0.15) is 0 Å². The fourth-order valence-corrected chi connectivity index (χ4v) is 2.48. The molecule has 5 nitrogen and oxygen atoms in total. The number of nitrogens with zero attached hydrogens (tertiary/aromatic N) is 1. The Morgan fingerprint density at radius 1 is 1.45 bits per heavy atom. The predicted octanol–water partition coefficient (Wildman–Crippen LogP) is 1.23. The second-order valence-electron chi connectivity index (χ2n) is 5.11. The van der Waals surface area contributed by atoms with Gasteiger partial charge < -0.3 is 20.1 Å². The fraction of sp³-hybridized carbons (Fsp3) is 0.533. The minimum Gasteiger partial charge on any atom is -0.445 e. The molecule has 1 atom stereocenters. The molecule has 110 valence electrons. The Hall–Kier alpha value is -1.59. The van der Waals surface area contributed by atoms with Gasteiger partial charge in [-0.3, -0.25) is 0 Å². The first kappa shape index (κ1) is 14.8. The van der Waals surface area contributed by atoms with Crippen LogP contribution in [0.1, 0.15) is 12.0 Å². The topological polar surface area (TPSA) is 61.8 Å². The second kappa shape index (κ2) is 7.26. The maximum atomic E-state index is 11.8. The van der Waals surface area contributed by atoms with Crippen LogP contribution in [0.4, 0.5) is 4.79 Å². The van der Waals surface area contributed by atoms with E-state index in [1.54, 1.807) is 4.90 Å². The summed E-state index contributed by atoms with van der Waals surface area (Å²) in [7, 11) is 1.89. The molecule has 0 aliphatic carbocycles. The molecular weight excluding hydrogens is 256 g/mol. The molecule has 0 radical (unpaired) electrons. The predicted molar refractivity (Wildman–Crippen MR) is 76.2 cm³/mol. The highest BCUT2D eigenvalue weighted by Crippen LogP contribution is 2.22. The molecular formula is C15H22N2O3. The summed E-state index contributed by atoms with van der Waals surface area (Å²) >= 11 is 0. The maximum absolute atomic E-state index is 11.8. The minimum atomic E-state index is -0.260. The number of aliphatic hydroxyl groups excluding tert-OH is 1. The van der Waals surface area contributed by atoms with E-state index in [1.807, 2.05) is 37.4 Å². The van der Waals surface area contributed by atoms with Crippen LogP contribution in [-0.4, -0.2) is 48.9 Å². The Morgan fingerprint density at radius 3 is 2.75 bits per heavy atom. The van der Waals surface area contributed by atoms with E-state index in [9.17, 15) is 4.79 Å². The van der Waals surface area contributed by atoms with Gasteiger partial charge in [0.05, 0.1) is 0 Å². The van der Waals surface area contributed by atoms with Crippen molar-refractivity contribution >= 4 is 6.09 Å². The molecule has 0 saturated carbocycles. The molecule has 0 aromatic heterocycles. The van der Waals surface area contributed by atoms with E-state index in [4.69, 9.17) is 9.84 Å². The number of rotatable bonds is 6. The molecule has 1 heterocycles. The summed E-state index contributed by atoms with van der Waals surface area (Å²) in [5.74, 6) is 0.399. The van der Waals surface area contributed by atoms with Crippen molar-refractivity contribution in [1.82, 2.24) is 10.2 Å². The number of hydrogen-bond donors (Lipinski definition) is 2. The van der Waals surface area contributed by atoms with Crippen molar-refractivity contribution < 1.29 is 14.6 Å². The van der Waals surface area contributed by atoms with Gasteiger partial charge in [0.25, 0.3) is 0 Å². The highest BCUT2D eigenvalue weighted by molar-refractivity contribution is 5.68. The normalized spacial score (nSPS) is 16.6. The molecule has 1 saturated heterocycles. The molecule has 1 aromatic rings. The number of amides is 1. The number of carbonyl (C=O) groups excluding carboxylic acids is 1. The van der Waals surface area contributed by atoms with Crippen molar-refractivity contribution in [2.24, 2.45) is 5.92 Å². The van der Waals surface area contributed by atoms with Crippen LogP contribution in [0.5, 0.6) is 0 Å². The zero-order valence-electron chi connectivity index (χ0n) is 11.8. The van der Waals surface area contributed by atoms with Crippen LogP contribution in [0, 0.1) is 5.92 Å².